The number of carbonyl (C=O) groups excluding carboxylic acids is 1. The van der Waals surface area contributed by atoms with Gasteiger partial charge in [-0.05, 0) is 70.6 Å². The number of halogens is 3. The van der Waals surface area contributed by atoms with Crippen molar-refractivity contribution in [1.29, 1.82) is 5.26 Å². The maximum absolute atomic E-state index is 13.9. The van der Waals surface area contributed by atoms with Crippen molar-refractivity contribution in [2.75, 3.05) is 12.4 Å². The molecule has 0 aliphatic heterocycles. The number of methoxy groups -OCH3 is 1. The van der Waals surface area contributed by atoms with E-state index >= 15 is 0 Å². The Morgan fingerprint density at radius 1 is 1.22 bits per heavy atom. The van der Waals surface area contributed by atoms with Crippen molar-refractivity contribution < 1.29 is 18.7 Å². The molecule has 0 aromatic heterocycles. The predicted molar refractivity (Wildman–Crippen MR) is 133 cm³/mol. The van der Waals surface area contributed by atoms with Crippen molar-refractivity contribution in [1.82, 2.24) is 0 Å². The molecule has 3 aromatic rings. The van der Waals surface area contributed by atoms with Gasteiger partial charge in [0.25, 0.3) is 5.91 Å². The highest BCUT2D eigenvalue weighted by atomic mass is 127. The maximum atomic E-state index is 13.9. The second kappa shape index (κ2) is 11.1. The van der Waals surface area contributed by atoms with Crippen LogP contribution >= 0.6 is 38.5 Å². The van der Waals surface area contributed by atoms with Crippen molar-refractivity contribution in [3.63, 3.8) is 0 Å². The number of ether oxygens (including phenoxy) is 2. The Morgan fingerprint density at radius 3 is 2.69 bits per heavy atom. The van der Waals surface area contributed by atoms with Crippen molar-refractivity contribution in [2.45, 2.75) is 6.61 Å². The molecule has 0 fully saturated rings. The summed E-state index contributed by atoms with van der Waals surface area (Å²) >= 11 is 5.41. The number of nitrogens with zero attached hydrogens (tertiary/aromatic N) is 1. The first-order valence-electron chi connectivity index (χ1n) is 9.33. The number of amides is 1. The van der Waals surface area contributed by atoms with E-state index in [0.29, 0.717) is 31.9 Å². The summed E-state index contributed by atoms with van der Waals surface area (Å²) in [6, 6.07) is 18.8. The van der Waals surface area contributed by atoms with Gasteiger partial charge in [-0.1, -0.05) is 40.2 Å². The molecule has 162 valence electrons. The molecule has 0 saturated heterocycles. The van der Waals surface area contributed by atoms with Gasteiger partial charge in [-0.3, -0.25) is 4.79 Å². The zero-order valence-corrected chi connectivity index (χ0v) is 20.6. The van der Waals surface area contributed by atoms with E-state index in [1.807, 2.05) is 12.1 Å². The molecule has 3 rings (SSSR count). The minimum atomic E-state index is -0.528. The molecule has 32 heavy (non-hydrogen) atoms. The fraction of sp³-hybridized carbons (Fsp3) is 0.0833. The fourth-order valence-electron chi connectivity index (χ4n) is 2.81. The summed E-state index contributed by atoms with van der Waals surface area (Å²) in [6.07, 6.45) is 1.47. The number of rotatable bonds is 7. The Hall–Kier alpha value is -2.90. The molecule has 0 heterocycles. The van der Waals surface area contributed by atoms with Gasteiger partial charge >= 0.3 is 0 Å². The molecule has 0 aliphatic carbocycles. The van der Waals surface area contributed by atoms with Crippen LogP contribution in [0.5, 0.6) is 11.5 Å². The predicted octanol–water partition coefficient (Wildman–Crippen LogP) is 6.33. The van der Waals surface area contributed by atoms with Gasteiger partial charge in [0.05, 0.1) is 10.7 Å². The molecule has 1 amide bonds. The highest BCUT2D eigenvalue weighted by Gasteiger charge is 2.15. The molecular formula is C24H17BrFIN2O3. The quantitative estimate of drug-likeness (QED) is 0.194. The van der Waals surface area contributed by atoms with E-state index in [1.165, 1.54) is 19.3 Å². The standard InChI is InChI=1S/C24H17BrFIN2O3/c1-31-22-11-15(9-17(13-28)24(30)29-19-7-4-6-18(25)12-19)10-21(27)23(22)32-14-16-5-2-3-8-20(16)26/h2-12H,14H2,1H3,(H,29,30)/b17-9-. The molecular weight excluding hydrogens is 590 g/mol. The van der Waals surface area contributed by atoms with Crippen LogP contribution in [0.4, 0.5) is 10.1 Å². The highest BCUT2D eigenvalue weighted by molar-refractivity contribution is 14.1. The van der Waals surface area contributed by atoms with Crippen LogP contribution < -0.4 is 14.8 Å². The van der Waals surface area contributed by atoms with Gasteiger partial charge in [-0.25, -0.2) is 4.39 Å². The minimum absolute atomic E-state index is 0.0344. The van der Waals surface area contributed by atoms with Crippen LogP contribution in [0.3, 0.4) is 0 Å². The Kier molecular flexibility index (Phi) is 8.25. The van der Waals surface area contributed by atoms with E-state index in [0.717, 1.165) is 4.47 Å². The molecule has 1 N–H and O–H groups in total. The third kappa shape index (κ3) is 6.08. The number of nitrogens with one attached hydrogen (secondary N) is 1. The first-order chi connectivity index (χ1) is 15.4. The van der Waals surface area contributed by atoms with E-state index in [1.54, 1.807) is 48.5 Å². The average molecular weight is 607 g/mol. The van der Waals surface area contributed by atoms with Crippen LogP contribution in [0.15, 0.2) is 70.7 Å². The summed E-state index contributed by atoms with van der Waals surface area (Å²) in [5, 5.41) is 12.2. The second-order valence-electron chi connectivity index (χ2n) is 6.55. The SMILES string of the molecule is COc1cc(/C=C(/C#N)C(=O)Nc2cccc(Br)c2)cc(I)c1OCc1ccccc1F. The number of anilines is 1. The number of hydrogen-bond acceptors (Lipinski definition) is 4. The lowest BCUT2D eigenvalue weighted by Crippen LogP contribution is -2.13. The lowest BCUT2D eigenvalue weighted by Gasteiger charge is -2.14. The van der Waals surface area contributed by atoms with Crippen LogP contribution in [0, 0.1) is 20.7 Å². The molecule has 5 nitrogen and oxygen atoms in total. The van der Waals surface area contributed by atoms with Gasteiger partial charge in [0.15, 0.2) is 11.5 Å². The first kappa shape index (κ1) is 23.8. The largest absolute Gasteiger partial charge is 0.493 e. The lowest BCUT2D eigenvalue weighted by atomic mass is 10.1. The van der Waals surface area contributed by atoms with E-state index < -0.39 is 5.91 Å². The van der Waals surface area contributed by atoms with Crippen LogP contribution in [0.1, 0.15) is 11.1 Å². The Bertz CT molecular complexity index is 1220. The molecule has 8 heteroatoms. The summed E-state index contributed by atoms with van der Waals surface area (Å²) in [4.78, 5) is 12.5. The molecule has 0 unspecified atom stereocenters. The second-order valence-corrected chi connectivity index (χ2v) is 8.63. The third-order valence-corrected chi connectivity index (χ3v) is 5.63. The normalized spacial score (nSPS) is 10.9. The van der Waals surface area contributed by atoms with Crippen LogP contribution in [0.25, 0.3) is 6.08 Å². The van der Waals surface area contributed by atoms with Crippen LogP contribution in [-0.4, -0.2) is 13.0 Å². The van der Waals surface area contributed by atoms with Gasteiger partial charge < -0.3 is 14.8 Å². The maximum Gasteiger partial charge on any atom is 0.266 e. The molecule has 0 saturated carbocycles. The third-order valence-electron chi connectivity index (χ3n) is 4.34. The number of carbonyl (C=O) groups is 1. The molecule has 3 aromatic carbocycles. The monoisotopic (exact) mass is 606 g/mol. The molecule has 0 atom stereocenters. The fourth-order valence-corrected chi connectivity index (χ4v) is 3.99. The van der Waals surface area contributed by atoms with Gasteiger partial charge in [0, 0.05) is 15.7 Å². The lowest BCUT2D eigenvalue weighted by molar-refractivity contribution is -0.112. The minimum Gasteiger partial charge on any atom is -0.493 e. The molecule has 0 aliphatic rings. The van der Waals surface area contributed by atoms with Crippen LogP contribution in [0.2, 0.25) is 0 Å². The number of hydrogen-bond donors (Lipinski definition) is 1. The smallest absolute Gasteiger partial charge is 0.266 e. The van der Waals surface area contributed by atoms with E-state index in [-0.39, 0.29) is 18.0 Å². The molecule has 0 bridgehead atoms. The zero-order chi connectivity index (χ0) is 23.1. The van der Waals surface area contributed by atoms with Crippen molar-refractivity contribution in [2.24, 2.45) is 0 Å². The summed E-state index contributed by atoms with van der Waals surface area (Å²) in [5.41, 5.74) is 1.51. The summed E-state index contributed by atoms with van der Waals surface area (Å²) in [7, 11) is 1.49. The summed E-state index contributed by atoms with van der Waals surface area (Å²) in [5.74, 6) is -0.0228. The summed E-state index contributed by atoms with van der Waals surface area (Å²) in [6.45, 7) is 0.0344. The van der Waals surface area contributed by atoms with E-state index in [4.69, 9.17) is 9.47 Å². The van der Waals surface area contributed by atoms with Crippen LogP contribution in [-0.2, 0) is 11.4 Å². The van der Waals surface area contributed by atoms with Gasteiger partial charge in [0.2, 0.25) is 0 Å². The van der Waals surface area contributed by atoms with E-state index in [2.05, 4.69) is 43.8 Å². The average Bonchev–Trinajstić information content (AvgIpc) is 2.77. The number of benzene rings is 3. The Labute approximate surface area is 207 Å². The van der Waals surface area contributed by atoms with E-state index in [9.17, 15) is 14.4 Å². The Morgan fingerprint density at radius 2 is 2.00 bits per heavy atom. The molecule has 0 spiro atoms. The van der Waals surface area contributed by atoms with Crippen molar-refractivity contribution >= 4 is 56.2 Å². The summed E-state index contributed by atoms with van der Waals surface area (Å²) < 4.78 is 26.6. The first-order valence-corrected chi connectivity index (χ1v) is 11.2. The Balaban J connectivity index is 1.83. The topological polar surface area (TPSA) is 71.3 Å². The number of nitriles is 1. The highest BCUT2D eigenvalue weighted by Crippen LogP contribution is 2.35. The van der Waals surface area contributed by atoms with Gasteiger partial charge in [-0.15, -0.1) is 0 Å². The van der Waals surface area contributed by atoms with Crippen molar-refractivity contribution in [3.05, 3.63) is 91.2 Å². The van der Waals surface area contributed by atoms with Crippen molar-refractivity contribution in [3.8, 4) is 17.6 Å². The zero-order valence-electron chi connectivity index (χ0n) is 16.9. The molecule has 0 radical (unpaired) electrons. The van der Waals surface area contributed by atoms with Gasteiger partial charge in [-0.2, -0.15) is 5.26 Å². The van der Waals surface area contributed by atoms with Gasteiger partial charge in [0.1, 0.15) is 24.1 Å².